The first-order valence-electron chi connectivity index (χ1n) is 9.66. The Morgan fingerprint density at radius 3 is 2.37 bits per heavy atom. The van der Waals surface area contributed by atoms with E-state index >= 15 is 0 Å². The fourth-order valence-electron chi connectivity index (χ4n) is 3.58. The molecule has 0 aliphatic heterocycles. The molecule has 1 aliphatic carbocycles. The summed E-state index contributed by atoms with van der Waals surface area (Å²) < 4.78 is 5.29. The lowest BCUT2D eigenvalue weighted by atomic mass is 9.67. The molecule has 1 aromatic carbocycles. The summed E-state index contributed by atoms with van der Waals surface area (Å²) in [6.07, 6.45) is 5.01. The van der Waals surface area contributed by atoms with Gasteiger partial charge in [0, 0.05) is 33.9 Å². The largest absolute Gasteiger partial charge is 0.385 e. The third-order valence-electron chi connectivity index (χ3n) is 5.65. The number of likely N-dealkylation sites (N-methyl/N-ethyl adjacent to an activating group) is 1. The predicted octanol–water partition coefficient (Wildman–Crippen LogP) is 3.59. The van der Waals surface area contributed by atoms with Gasteiger partial charge in [-0.3, -0.25) is 4.99 Å². The monoisotopic (exact) mass is 488 g/mol. The number of guanidine groups is 1. The van der Waals surface area contributed by atoms with E-state index in [0.717, 1.165) is 32.1 Å². The summed E-state index contributed by atoms with van der Waals surface area (Å²) in [5.74, 6) is 0.882. The normalized spacial score (nSPS) is 17.0. The van der Waals surface area contributed by atoms with E-state index in [0.29, 0.717) is 11.5 Å². The topological polar surface area (TPSA) is 48.9 Å². The van der Waals surface area contributed by atoms with Crippen molar-refractivity contribution in [3.05, 3.63) is 35.4 Å². The van der Waals surface area contributed by atoms with E-state index in [9.17, 15) is 0 Å². The number of aliphatic imine (C=N–C) groups is 1. The Hall–Kier alpha value is -0.860. The molecule has 2 N–H and O–H groups in total. The standard InChI is InChI=1S/C21H36N4O.HI/c1-17-7-9-18(10-8-17)19(25(3)4)15-23-20(22-2)24-16-21(11-6-12-21)13-14-26-5;/h7-10,19H,6,11-16H2,1-5H3,(H2,22,23,24);1H. The molecule has 2 rings (SSSR count). The van der Waals surface area contributed by atoms with Gasteiger partial charge in [0.05, 0.1) is 6.04 Å². The number of aryl methyl sites for hydroxylation is 1. The van der Waals surface area contributed by atoms with Crippen LogP contribution in [0.15, 0.2) is 29.3 Å². The first-order valence-corrected chi connectivity index (χ1v) is 9.66. The zero-order chi connectivity index (χ0) is 19.0. The molecule has 1 unspecified atom stereocenters. The number of hydrogen-bond acceptors (Lipinski definition) is 3. The van der Waals surface area contributed by atoms with Crippen LogP contribution in [0.3, 0.4) is 0 Å². The van der Waals surface area contributed by atoms with Crippen molar-refractivity contribution in [3.63, 3.8) is 0 Å². The molecule has 0 amide bonds. The molecule has 1 atom stereocenters. The van der Waals surface area contributed by atoms with E-state index in [2.05, 4.69) is 65.8 Å². The highest BCUT2D eigenvalue weighted by Crippen LogP contribution is 2.43. The van der Waals surface area contributed by atoms with Gasteiger partial charge < -0.3 is 20.3 Å². The zero-order valence-corrected chi connectivity index (χ0v) is 19.9. The first-order chi connectivity index (χ1) is 12.5. The van der Waals surface area contributed by atoms with Crippen molar-refractivity contribution in [2.75, 3.05) is 47.9 Å². The van der Waals surface area contributed by atoms with E-state index in [1.54, 1.807) is 7.11 Å². The fourth-order valence-corrected chi connectivity index (χ4v) is 3.58. The highest BCUT2D eigenvalue weighted by Gasteiger charge is 2.36. The van der Waals surface area contributed by atoms with Gasteiger partial charge in [-0.05, 0) is 51.3 Å². The molecule has 0 radical (unpaired) electrons. The minimum absolute atomic E-state index is 0. The van der Waals surface area contributed by atoms with Crippen molar-refractivity contribution >= 4 is 29.9 Å². The van der Waals surface area contributed by atoms with Crippen molar-refractivity contribution in [2.24, 2.45) is 10.4 Å². The van der Waals surface area contributed by atoms with Gasteiger partial charge in [-0.2, -0.15) is 0 Å². The van der Waals surface area contributed by atoms with Crippen molar-refractivity contribution in [1.29, 1.82) is 0 Å². The molecule has 0 aromatic heterocycles. The summed E-state index contributed by atoms with van der Waals surface area (Å²) in [6.45, 7) is 4.75. The van der Waals surface area contributed by atoms with Crippen LogP contribution in [0, 0.1) is 12.3 Å². The third-order valence-corrected chi connectivity index (χ3v) is 5.65. The third kappa shape index (κ3) is 7.23. The smallest absolute Gasteiger partial charge is 0.191 e. The van der Waals surface area contributed by atoms with Crippen LogP contribution in [-0.2, 0) is 4.74 Å². The summed E-state index contributed by atoms with van der Waals surface area (Å²) in [7, 11) is 7.87. The molecule has 0 heterocycles. The summed E-state index contributed by atoms with van der Waals surface area (Å²) in [5.41, 5.74) is 2.99. The molecule has 0 saturated heterocycles. The van der Waals surface area contributed by atoms with Gasteiger partial charge in [0.25, 0.3) is 0 Å². The average molecular weight is 488 g/mol. The molecule has 1 saturated carbocycles. The lowest BCUT2D eigenvalue weighted by Crippen LogP contribution is -2.48. The van der Waals surface area contributed by atoms with E-state index < -0.39 is 0 Å². The van der Waals surface area contributed by atoms with E-state index in [1.807, 2.05) is 7.05 Å². The quantitative estimate of drug-likeness (QED) is 0.317. The Labute approximate surface area is 182 Å². The van der Waals surface area contributed by atoms with Crippen molar-refractivity contribution in [1.82, 2.24) is 15.5 Å². The Kier molecular flexibility index (Phi) is 10.6. The minimum Gasteiger partial charge on any atom is -0.385 e. The summed E-state index contributed by atoms with van der Waals surface area (Å²) >= 11 is 0. The second kappa shape index (κ2) is 11.9. The second-order valence-electron chi connectivity index (χ2n) is 7.79. The molecular formula is C21H37IN4O. The maximum absolute atomic E-state index is 5.29. The molecule has 1 fully saturated rings. The summed E-state index contributed by atoms with van der Waals surface area (Å²) in [6, 6.07) is 9.09. The highest BCUT2D eigenvalue weighted by molar-refractivity contribution is 14.0. The molecule has 27 heavy (non-hydrogen) atoms. The number of nitrogens with zero attached hydrogens (tertiary/aromatic N) is 2. The molecule has 5 nitrogen and oxygen atoms in total. The van der Waals surface area contributed by atoms with Crippen LogP contribution in [0.4, 0.5) is 0 Å². The van der Waals surface area contributed by atoms with Crippen LogP contribution < -0.4 is 10.6 Å². The number of nitrogens with one attached hydrogen (secondary N) is 2. The molecule has 1 aromatic rings. The SMILES string of the molecule is CN=C(NCC(c1ccc(C)cc1)N(C)C)NCC1(CCOC)CCC1.I. The van der Waals surface area contributed by atoms with Crippen LogP contribution in [0.25, 0.3) is 0 Å². The van der Waals surface area contributed by atoms with E-state index in [1.165, 1.54) is 30.4 Å². The zero-order valence-electron chi connectivity index (χ0n) is 17.5. The Bertz CT molecular complexity index is 570. The second-order valence-corrected chi connectivity index (χ2v) is 7.79. The number of methoxy groups -OCH3 is 1. The first kappa shape index (κ1) is 24.2. The lowest BCUT2D eigenvalue weighted by molar-refractivity contribution is 0.0732. The van der Waals surface area contributed by atoms with E-state index in [4.69, 9.17) is 4.74 Å². The Morgan fingerprint density at radius 1 is 1.22 bits per heavy atom. The number of halogens is 1. The number of rotatable bonds is 9. The van der Waals surface area contributed by atoms with Gasteiger partial charge in [-0.15, -0.1) is 24.0 Å². The van der Waals surface area contributed by atoms with Crippen LogP contribution in [0.5, 0.6) is 0 Å². The molecule has 1 aliphatic rings. The van der Waals surface area contributed by atoms with Gasteiger partial charge in [-0.25, -0.2) is 0 Å². The fraction of sp³-hybridized carbons (Fsp3) is 0.667. The average Bonchev–Trinajstić information content (AvgIpc) is 2.60. The molecule has 0 bridgehead atoms. The Balaban J connectivity index is 0.00000364. The van der Waals surface area contributed by atoms with Crippen molar-refractivity contribution in [3.8, 4) is 0 Å². The minimum atomic E-state index is 0. The van der Waals surface area contributed by atoms with Gasteiger partial charge in [0.1, 0.15) is 0 Å². The summed E-state index contributed by atoms with van der Waals surface area (Å²) in [5, 5.41) is 7.05. The summed E-state index contributed by atoms with van der Waals surface area (Å²) in [4.78, 5) is 6.66. The van der Waals surface area contributed by atoms with Gasteiger partial charge in [0.2, 0.25) is 0 Å². The molecule has 6 heteroatoms. The van der Waals surface area contributed by atoms with Crippen molar-refractivity contribution < 1.29 is 4.74 Å². The Morgan fingerprint density at radius 2 is 1.89 bits per heavy atom. The van der Waals surface area contributed by atoms with Crippen LogP contribution >= 0.6 is 24.0 Å². The number of benzene rings is 1. The lowest BCUT2D eigenvalue weighted by Gasteiger charge is -2.42. The maximum Gasteiger partial charge on any atom is 0.191 e. The number of hydrogen-bond donors (Lipinski definition) is 2. The molecule has 154 valence electrons. The van der Waals surface area contributed by atoms with Crippen molar-refractivity contribution in [2.45, 2.75) is 38.6 Å². The van der Waals surface area contributed by atoms with Crippen LogP contribution in [0.2, 0.25) is 0 Å². The predicted molar refractivity (Wildman–Crippen MR) is 125 cm³/mol. The molecule has 0 spiro atoms. The molecular weight excluding hydrogens is 451 g/mol. The highest BCUT2D eigenvalue weighted by atomic mass is 127. The van der Waals surface area contributed by atoms with Gasteiger partial charge in [-0.1, -0.05) is 36.2 Å². The number of ether oxygens (including phenoxy) is 1. The van der Waals surface area contributed by atoms with Crippen LogP contribution in [-0.4, -0.2) is 58.8 Å². The van der Waals surface area contributed by atoms with Gasteiger partial charge in [0.15, 0.2) is 5.96 Å². The van der Waals surface area contributed by atoms with Gasteiger partial charge >= 0.3 is 0 Å². The maximum atomic E-state index is 5.29. The van der Waals surface area contributed by atoms with Crippen LogP contribution in [0.1, 0.15) is 42.9 Å². The van der Waals surface area contributed by atoms with E-state index in [-0.39, 0.29) is 24.0 Å².